The quantitative estimate of drug-likeness (QED) is 0.874. The van der Waals surface area contributed by atoms with Gasteiger partial charge in [-0.15, -0.1) is 23.1 Å². The van der Waals surface area contributed by atoms with Gasteiger partial charge in [0, 0.05) is 21.7 Å². The minimum absolute atomic E-state index is 0.0339. The van der Waals surface area contributed by atoms with Gasteiger partial charge in [0.2, 0.25) is 0 Å². The van der Waals surface area contributed by atoms with Crippen molar-refractivity contribution in [1.29, 1.82) is 0 Å². The first kappa shape index (κ1) is 15.0. The van der Waals surface area contributed by atoms with Crippen molar-refractivity contribution in [2.75, 3.05) is 5.32 Å². The maximum atomic E-state index is 12.4. The van der Waals surface area contributed by atoms with E-state index in [9.17, 15) is 4.79 Å². The van der Waals surface area contributed by atoms with Crippen molar-refractivity contribution in [2.24, 2.45) is 5.92 Å². The Kier molecular flexibility index (Phi) is 3.99. The summed E-state index contributed by atoms with van der Waals surface area (Å²) in [4.78, 5) is 20.1. The zero-order chi connectivity index (χ0) is 15.8. The highest BCUT2D eigenvalue weighted by Gasteiger charge is 2.26. The first-order valence-electron chi connectivity index (χ1n) is 7.90. The van der Waals surface area contributed by atoms with Crippen LogP contribution in [0.5, 0.6) is 0 Å². The van der Waals surface area contributed by atoms with Gasteiger partial charge in [0.15, 0.2) is 0 Å². The van der Waals surface area contributed by atoms with Crippen LogP contribution in [0.15, 0.2) is 29.4 Å². The van der Waals surface area contributed by atoms with Crippen molar-refractivity contribution in [1.82, 2.24) is 4.98 Å². The molecule has 1 unspecified atom stereocenters. The van der Waals surface area contributed by atoms with E-state index in [0.29, 0.717) is 0 Å². The highest BCUT2D eigenvalue weighted by Crippen LogP contribution is 2.43. The van der Waals surface area contributed by atoms with Crippen LogP contribution in [0.25, 0.3) is 6.08 Å². The predicted molar refractivity (Wildman–Crippen MR) is 97.6 cm³/mol. The first-order valence-corrected chi connectivity index (χ1v) is 9.70. The Morgan fingerprint density at radius 2 is 2.30 bits per heavy atom. The van der Waals surface area contributed by atoms with Crippen molar-refractivity contribution in [3.05, 3.63) is 50.3 Å². The van der Waals surface area contributed by atoms with Crippen molar-refractivity contribution >= 4 is 40.8 Å². The van der Waals surface area contributed by atoms with Crippen LogP contribution in [0.2, 0.25) is 0 Å². The zero-order valence-electron chi connectivity index (χ0n) is 13.0. The Hall–Kier alpha value is -1.59. The Bertz CT molecular complexity index is 780. The molecule has 0 saturated heterocycles. The lowest BCUT2D eigenvalue weighted by molar-refractivity contribution is -0.112. The van der Waals surface area contributed by atoms with Gasteiger partial charge in [0.25, 0.3) is 5.91 Å². The fraction of sp³-hybridized carbons (Fsp3) is 0.333. The van der Waals surface area contributed by atoms with Crippen LogP contribution in [0.1, 0.15) is 34.2 Å². The van der Waals surface area contributed by atoms with Gasteiger partial charge >= 0.3 is 0 Å². The number of amides is 1. The van der Waals surface area contributed by atoms with Gasteiger partial charge in [-0.3, -0.25) is 9.78 Å². The lowest BCUT2D eigenvalue weighted by Crippen LogP contribution is -2.14. The summed E-state index contributed by atoms with van der Waals surface area (Å²) < 4.78 is 0. The molecule has 3 nitrogen and oxygen atoms in total. The molecule has 1 aliphatic carbocycles. The van der Waals surface area contributed by atoms with Crippen molar-refractivity contribution in [2.45, 2.75) is 31.9 Å². The lowest BCUT2D eigenvalue weighted by atomic mass is 9.88. The van der Waals surface area contributed by atoms with Gasteiger partial charge in [0.1, 0.15) is 0 Å². The predicted octanol–water partition coefficient (Wildman–Crippen LogP) is 4.49. The van der Waals surface area contributed by atoms with Crippen LogP contribution in [-0.2, 0) is 23.4 Å². The number of thioether (sulfide) groups is 1. The molecule has 0 aromatic carbocycles. The van der Waals surface area contributed by atoms with E-state index >= 15 is 0 Å². The van der Waals surface area contributed by atoms with E-state index in [1.807, 2.05) is 23.5 Å². The van der Waals surface area contributed by atoms with Crippen LogP contribution in [-0.4, -0.2) is 10.9 Å². The first-order chi connectivity index (χ1) is 11.2. The highest BCUT2D eigenvalue weighted by atomic mass is 32.2. The molecule has 0 saturated carbocycles. The summed E-state index contributed by atoms with van der Waals surface area (Å²) in [5.74, 6) is 1.67. The van der Waals surface area contributed by atoms with E-state index in [4.69, 9.17) is 0 Å². The second-order valence-electron chi connectivity index (χ2n) is 6.19. The molecule has 1 aliphatic heterocycles. The molecule has 5 heteroatoms. The number of nitrogens with zero attached hydrogens (tertiary/aromatic N) is 1. The normalized spacial score (nSPS) is 19.5. The molecule has 23 heavy (non-hydrogen) atoms. The standard InChI is InChI=1S/C18H18N2OS2/c1-11-4-5-13-14-10-22-17(8-16(14)23-15(13)7-11)18(21)20-12-3-2-6-19-9-12/h2-3,6,8-9,11H,4-5,7,10H2,1H3,(H,20,21). The summed E-state index contributed by atoms with van der Waals surface area (Å²) in [5.41, 5.74) is 3.78. The Balaban J connectivity index is 1.58. The maximum Gasteiger partial charge on any atom is 0.262 e. The van der Waals surface area contributed by atoms with E-state index in [1.165, 1.54) is 29.7 Å². The minimum Gasteiger partial charge on any atom is -0.320 e. The molecule has 4 rings (SSSR count). The lowest BCUT2D eigenvalue weighted by Gasteiger charge is -2.19. The molecule has 1 atom stereocenters. The monoisotopic (exact) mass is 342 g/mol. The second kappa shape index (κ2) is 6.13. The summed E-state index contributed by atoms with van der Waals surface area (Å²) in [7, 11) is 0. The van der Waals surface area contributed by atoms with E-state index in [-0.39, 0.29) is 5.91 Å². The molecular weight excluding hydrogens is 324 g/mol. The van der Waals surface area contributed by atoms with E-state index in [1.54, 1.807) is 34.6 Å². The van der Waals surface area contributed by atoms with Crippen molar-refractivity contribution in [3.8, 4) is 0 Å². The number of fused-ring (bicyclic) bond motifs is 3. The van der Waals surface area contributed by atoms with E-state index in [0.717, 1.165) is 22.3 Å². The third-order valence-corrected chi connectivity index (χ3v) is 6.72. The molecule has 0 fully saturated rings. The molecule has 1 N–H and O–H groups in total. The molecule has 0 spiro atoms. The summed E-state index contributed by atoms with van der Waals surface area (Å²) in [5, 5.41) is 2.93. The van der Waals surface area contributed by atoms with Crippen molar-refractivity contribution < 1.29 is 4.79 Å². The van der Waals surface area contributed by atoms with Gasteiger partial charge in [-0.2, -0.15) is 0 Å². The Morgan fingerprint density at radius 3 is 3.13 bits per heavy atom. The number of thiophene rings is 1. The number of aromatic nitrogens is 1. The highest BCUT2D eigenvalue weighted by molar-refractivity contribution is 8.03. The number of carbonyl (C=O) groups excluding carboxylic acids is 1. The van der Waals surface area contributed by atoms with Crippen LogP contribution < -0.4 is 5.32 Å². The topological polar surface area (TPSA) is 42.0 Å². The van der Waals surface area contributed by atoms with Crippen LogP contribution >= 0.6 is 23.1 Å². The molecule has 3 heterocycles. The molecule has 0 radical (unpaired) electrons. The van der Waals surface area contributed by atoms with Gasteiger partial charge in [-0.1, -0.05) is 6.92 Å². The molecular formula is C18H18N2OS2. The third kappa shape index (κ3) is 2.95. The van der Waals surface area contributed by atoms with Crippen LogP contribution in [0, 0.1) is 5.92 Å². The number of pyridine rings is 1. The summed E-state index contributed by atoms with van der Waals surface area (Å²) in [6, 6.07) is 3.68. The second-order valence-corrected chi connectivity index (χ2v) is 8.34. The van der Waals surface area contributed by atoms with E-state index in [2.05, 4.69) is 23.3 Å². The largest absolute Gasteiger partial charge is 0.320 e. The van der Waals surface area contributed by atoms with E-state index < -0.39 is 0 Å². The maximum absolute atomic E-state index is 12.4. The fourth-order valence-electron chi connectivity index (χ4n) is 3.18. The smallest absolute Gasteiger partial charge is 0.262 e. The molecule has 118 valence electrons. The Morgan fingerprint density at radius 1 is 1.39 bits per heavy atom. The summed E-state index contributed by atoms with van der Waals surface area (Å²) in [6.07, 6.45) is 9.13. The molecule has 2 aromatic heterocycles. The number of anilines is 1. The Labute approximate surface area is 144 Å². The summed E-state index contributed by atoms with van der Waals surface area (Å²) in [6.45, 7) is 2.33. The number of hydrogen-bond acceptors (Lipinski definition) is 4. The SMILES string of the molecule is CC1CCc2c(sc3c2CSC(C(=O)Nc2cccnc2)=C3)C1. The zero-order valence-corrected chi connectivity index (χ0v) is 14.6. The minimum atomic E-state index is -0.0339. The number of hydrogen-bond donors (Lipinski definition) is 1. The molecule has 0 bridgehead atoms. The van der Waals surface area contributed by atoms with Gasteiger partial charge in [0.05, 0.1) is 16.8 Å². The molecule has 2 aliphatic rings. The van der Waals surface area contributed by atoms with Crippen LogP contribution in [0.4, 0.5) is 5.69 Å². The van der Waals surface area contributed by atoms with Gasteiger partial charge < -0.3 is 5.32 Å². The van der Waals surface area contributed by atoms with Gasteiger partial charge in [-0.25, -0.2) is 0 Å². The van der Waals surface area contributed by atoms with Crippen molar-refractivity contribution in [3.63, 3.8) is 0 Å². The third-order valence-electron chi connectivity index (χ3n) is 4.43. The number of rotatable bonds is 2. The number of nitrogens with one attached hydrogen (secondary N) is 1. The molecule has 1 amide bonds. The average molecular weight is 342 g/mol. The average Bonchev–Trinajstić information content (AvgIpc) is 2.92. The fourth-order valence-corrected chi connectivity index (χ4v) is 5.84. The molecule has 2 aromatic rings. The number of carbonyl (C=O) groups is 1. The summed E-state index contributed by atoms with van der Waals surface area (Å²) >= 11 is 3.53. The van der Waals surface area contributed by atoms with Gasteiger partial charge in [-0.05, 0) is 54.5 Å². The van der Waals surface area contributed by atoms with Crippen LogP contribution in [0.3, 0.4) is 0 Å².